The van der Waals surface area contributed by atoms with Gasteiger partial charge in [0.2, 0.25) is 0 Å². The van der Waals surface area contributed by atoms with Crippen molar-refractivity contribution < 1.29 is 4.74 Å². The molecular weight excluding hydrogens is 360 g/mol. The number of aromatic nitrogens is 3. The molecule has 0 bridgehead atoms. The molecule has 0 unspecified atom stereocenters. The van der Waals surface area contributed by atoms with Gasteiger partial charge in [-0.05, 0) is 25.5 Å². The zero-order chi connectivity index (χ0) is 18.9. The van der Waals surface area contributed by atoms with Crippen molar-refractivity contribution >= 4 is 11.6 Å². The van der Waals surface area contributed by atoms with E-state index in [0.717, 1.165) is 43.9 Å². The van der Waals surface area contributed by atoms with E-state index in [2.05, 4.69) is 31.6 Å². The molecule has 0 radical (unpaired) electrons. The Morgan fingerprint density at radius 3 is 2.67 bits per heavy atom. The number of benzene rings is 1. The second-order valence-electron chi connectivity index (χ2n) is 6.36. The molecule has 1 aromatic carbocycles. The smallest absolute Gasteiger partial charge is 0.133 e. The lowest BCUT2D eigenvalue weighted by Gasteiger charge is -2.24. The predicted molar refractivity (Wildman–Crippen MR) is 108 cm³/mol. The van der Waals surface area contributed by atoms with Crippen molar-refractivity contribution in [2.75, 3.05) is 13.2 Å². The van der Waals surface area contributed by atoms with Crippen LogP contribution in [0.3, 0.4) is 0 Å². The van der Waals surface area contributed by atoms with Gasteiger partial charge < -0.3 is 9.30 Å². The first kappa shape index (κ1) is 19.4. The molecule has 0 spiro atoms. The number of hydrogen-bond acceptors (Lipinski definition) is 4. The first-order valence-corrected chi connectivity index (χ1v) is 9.62. The van der Waals surface area contributed by atoms with Gasteiger partial charge in [0.15, 0.2) is 0 Å². The molecule has 0 fully saturated rings. The molecule has 0 amide bonds. The Morgan fingerprint density at radius 1 is 1.07 bits per heavy atom. The van der Waals surface area contributed by atoms with Crippen molar-refractivity contribution in [3.05, 3.63) is 77.6 Å². The number of para-hydroxylation sites is 1. The van der Waals surface area contributed by atoms with Crippen molar-refractivity contribution in [1.29, 1.82) is 0 Å². The van der Waals surface area contributed by atoms with E-state index in [9.17, 15) is 0 Å². The van der Waals surface area contributed by atoms with Gasteiger partial charge in [0.25, 0.3) is 0 Å². The zero-order valence-electron chi connectivity index (χ0n) is 15.6. The Bertz CT molecular complexity index is 823. The fraction of sp³-hybridized carbons (Fsp3) is 0.333. The van der Waals surface area contributed by atoms with Gasteiger partial charge in [0, 0.05) is 55.9 Å². The molecule has 2 aromatic heterocycles. The quantitative estimate of drug-likeness (QED) is 0.485. The lowest BCUT2D eigenvalue weighted by atomic mass is 10.1. The minimum atomic E-state index is 0.565. The molecule has 3 aromatic rings. The molecule has 3 rings (SSSR count). The Hall–Kier alpha value is -2.37. The number of ether oxygens (including phenoxy) is 1. The summed E-state index contributed by atoms with van der Waals surface area (Å²) in [5.74, 6) is 0.942. The van der Waals surface area contributed by atoms with Gasteiger partial charge in [-0.2, -0.15) is 0 Å². The third-order valence-corrected chi connectivity index (χ3v) is 4.69. The number of aryl methyl sites for hydroxylation is 1. The second kappa shape index (κ2) is 10.1. The highest BCUT2D eigenvalue weighted by atomic mass is 35.5. The van der Waals surface area contributed by atoms with Crippen LogP contribution in [-0.2, 0) is 19.6 Å². The molecule has 0 aliphatic carbocycles. The summed E-state index contributed by atoms with van der Waals surface area (Å²) in [5.41, 5.74) is 2.22. The number of halogens is 1. The van der Waals surface area contributed by atoms with E-state index < -0.39 is 0 Å². The van der Waals surface area contributed by atoms with Crippen LogP contribution >= 0.6 is 11.6 Å². The third kappa shape index (κ3) is 5.81. The lowest BCUT2D eigenvalue weighted by Crippen LogP contribution is -2.25. The van der Waals surface area contributed by atoms with Crippen LogP contribution in [-0.4, -0.2) is 32.6 Å². The summed E-state index contributed by atoms with van der Waals surface area (Å²) >= 11 is 6.29. The van der Waals surface area contributed by atoms with Crippen LogP contribution in [0.25, 0.3) is 0 Å². The maximum absolute atomic E-state index is 6.29. The standard InChI is InChI=1S/C21H25ClN4O/c1-2-27-20-9-4-3-7-18(20)15-26(13-6-12-25-14-11-23-17-25)16-19-8-5-10-24-21(19)22/h3-5,7-11,14,17H,2,6,12-13,15-16H2,1H3. The van der Waals surface area contributed by atoms with Crippen LogP contribution in [0.4, 0.5) is 0 Å². The summed E-state index contributed by atoms with van der Waals surface area (Å²) in [4.78, 5) is 10.7. The largest absolute Gasteiger partial charge is 0.494 e. The molecule has 0 atom stereocenters. The van der Waals surface area contributed by atoms with Gasteiger partial charge in [0.05, 0.1) is 12.9 Å². The fourth-order valence-electron chi connectivity index (χ4n) is 3.06. The van der Waals surface area contributed by atoms with E-state index in [1.54, 1.807) is 6.20 Å². The average Bonchev–Trinajstić information content (AvgIpc) is 3.19. The summed E-state index contributed by atoms with van der Waals surface area (Å²) in [6.45, 7) is 6.08. The maximum Gasteiger partial charge on any atom is 0.133 e. The van der Waals surface area contributed by atoms with E-state index >= 15 is 0 Å². The Balaban J connectivity index is 1.71. The fourth-order valence-corrected chi connectivity index (χ4v) is 3.24. The minimum absolute atomic E-state index is 0.565. The highest BCUT2D eigenvalue weighted by Gasteiger charge is 2.12. The van der Waals surface area contributed by atoms with Crippen molar-refractivity contribution in [3.8, 4) is 5.75 Å². The van der Waals surface area contributed by atoms with Crippen LogP contribution in [0.1, 0.15) is 24.5 Å². The number of hydrogen-bond donors (Lipinski definition) is 0. The average molecular weight is 385 g/mol. The maximum atomic E-state index is 6.29. The SMILES string of the molecule is CCOc1ccccc1CN(CCCn1ccnc1)Cc1cccnc1Cl. The molecule has 0 aliphatic heterocycles. The van der Waals surface area contributed by atoms with E-state index in [0.29, 0.717) is 11.8 Å². The van der Waals surface area contributed by atoms with Gasteiger partial charge in [-0.1, -0.05) is 35.9 Å². The highest BCUT2D eigenvalue weighted by molar-refractivity contribution is 6.30. The van der Waals surface area contributed by atoms with E-state index in [1.165, 1.54) is 5.56 Å². The van der Waals surface area contributed by atoms with Crippen molar-refractivity contribution in [3.63, 3.8) is 0 Å². The third-order valence-electron chi connectivity index (χ3n) is 4.35. The van der Waals surface area contributed by atoms with Gasteiger partial charge in [-0.3, -0.25) is 4.90 Å². The number of pyridine rings is 1. The molecule has 6 heteroatoms. The van der Waals surface area contributed by atoms with Gasteiger partial charge in [0.1, 0.15) is 10.9 Å². The first-order valence-electron chi connectivity index (χ1n) is 9.24. The molecule has 2 heterocycles. The van der Waals surface area contributed by atoms with Crippen LogP contribution in [0.5, 0.6) is 5.75 Å². The summed E-state index contributed by atoms with van der Waals surface area (Å²) in [7, 11) is 0. The van der Waals surface area contributed by atoms with Crippen molar-refractivity contribution in [1.82, 2.24) is 19.4 Å². The van der Waals surface area contributed by atoms with E-state index in [4.69, 9.17) is 16.3 Å². The van der Waals surface area contributed by atoms with Crippen molar-refractivity contribution in [2.24, 2.45) is 0 Å². The molecule has 0 N–H and O–H groups in total. The lowest BCUT2D eigenvalue weighted by molar-refractivity contribution is 0.242. The van der Waals surface area contributed by atoms with E-state index in [-0.39, 0.29) is 0 Å². The highest BCUT2D eigenvalue weighted by Crippen LogP contribution is 2.22. The molecular formula is C21H25ClN4O. The molecule has 142 valence electrons. The van der Waals surface area contributed by atoms with Gasteiger partial charge >= 0.3 is 0 Å². The van der Waals surface area contributed by atoms with Gasteiger partial charge in [-0.25, -0.2) is 9.97 Å². The van der Waals surface area contributed by atoms with Crippen LogP contribution in [0.15, 0.2) is 61.3 Å². The van der Waals surface area contributed by atoms with Crippen LogP contribution in [0, 0.1) is 0 Å². The summed E-state index contributed by atoms with van der Waals surface area (Å²) in [5, 5.41) is 0.565. The van der Waals surface area contributed by atoms with E-state index in [1.807, 2.05) is 49.9 Å². The Labute approximate surface area is 165 Å². The number of imidazole rings is 1. The number of rotatable bonds is 10. The van der Waals surface area contributed by atoms with Crippen LogP contribution in [0.2, 0.25) is 5.15 Å². The monoisotopic (exact) mass is 384 g/mol. The summed E-state index contributed by atoms with van der Waals surface area (Å²) < 4.78 is 7.90. The topological polar surface area (TPSA) is 43.2 Å². The Morgan fingerprint density at radius 2 is 1.89 bits per heavy atom. The van der Waals surface area contributed by atoms with Crippen molar-refractivity contribution in [2.45, 2.75) is 33.0 Å². The zero-order valence-corrected chi connectivity index (χ0v) is 16.3. The summed E-state index contributed by atoms with van der Waals surface area (Å²) in [6.07, 6.45) is 8.40. The predicted octanol–water partition coefficient (Wildman–Crippen LogP) is 4.42. The molecule has 0 saturated heterocycles. The Kier molecular flexibility index (Phi) is 7.25. The minimum Gasteiger partial charge on any atom is -0.494 e. The second-order valence-corrected chi connectivity index (χ2v) is 6.72. The first-order chi connectivity index (χ1) is 13.3. The normalized spacial score (nSPS) is 11.1. The molecule has 0 aliphatic rings. The molecule has 5 nitrogen and oxygen atoms in total. The van der Waals surface area contributed by atoms with Gasteiger partial charge in [-0.15, -0.1) is 0 Å². The number of nitrogens with zero attached hydrogens (tertiary/aromatic N) is 4. The molecule has 27 heavy (non-hydrogen) atoms. The summed E-state index contributed by atoms with van der Waals surface area (Å²) in [6, 6.07) is 12.2. The molecule has 0 saturated carbocycles. The van der Waals surface area contributed by atoms with Crippen LogP contribution < -0.4 is 4.74 Å².